The fourth-order valence-corrected chi connectivity index (χ4v) is 2.05. The summed E-state index contributed by atoms with van der Waals surface area (Å²) in [5.41, 5.74) is 1.61. The molecule has 126 valence electrons. The first-order valence-corrected chi connectivity index (χ1v) is 7.86. The molecule has 0 aliphatic rings. The molecule has 0 saturated heterocycles. The van der Waals surface area contributed by atoms with Crippen molar-refractivity contribution in [2.45, 2.75) is 32.9 Å². The number of aromatic carboxylic acids is 1. The monoisotopic (exact) mass is 327 g/mol. The topological polar surface area (TPSA) is 75.6 Å². The number of carboxylic acid groups (broad SMARTS) is 1. The SMILES string of the molecule is CC[C@@H](C)Oc1ccc(C(=O)NCc2ccc(C(=O)O)cc2)cc1. The van der Waals surface area contributed by atoms with Gasteiger partial charge in [0.15, 0.2) is 0 Å². The van der Waals surface area contributed by atoms with Crippen LogP contribution in [0.4, 0.5) is 0 Å². The van der Waals surface area contributed by atoms with E-state index in [4.69, 9.17) is 9.84 Å². The van der Waals surface area contributed by atoms with E-state index in [2.05, 4.69) is 12.2 Å². The van der Waals surface area contributed by atoms with E-state index in [1.165, 1.54) is 12.1 Å². The number of carbonyl (C=O) groups excluding carboxylic acids is 1. The second-order valence-electron chi connectivity index (χ2n) is 5.55. The van der Waals surface area contributed by atoms with Gasteiger partial charge in [0.1, 0.15) is 5.75 Å². The van der Waals surface area contributed by atoms with Crippen molar-refractivity contribution in [3.05, 3.63) is 65.2 Å². The predicted molar refractivity (Wildman–Crippen MR) is 91.4 cm³/mol. The van der Waals surface area contributed by atoms with Gasteiger partial charge in [-0.2, -0.15) is 0 Å². The van der Waals surface area contributed by atoms with E-state index in [-0.39, 0.29) is 17.6 Å². The molecule has 0 aromatic heterocycles. The van der Waals surface area contributed by atoms with Gasteiger partial charge in [0.25, 0.3) is 5.91 Å². The van der Waals surface area contributed by atoms with Gasteiger partial charge in [-0.25, -0.2) is 4.79 Å². The molecule has 2 N–H and O–H groups in total. The molecule has 0 heterocycles. The summed E-state index contributed by atoms with van der Waals surface area (Å²) >= 11 is 0. The van der Waals surface area contributed by atoms with E-state index in [1.54, 1.807) is 36.4 Å². The van der Waals surface area contributed by atoms with Crippen LogP contribution in [-0.2, 0) is 6.54 Å². The zero-order valence-electron chi connectivity index (χ0n) is 13.8. The number of hydrogen-bond donors (Lipinski definition) is 2. The number of carbonyl (C=O) groups is 2. The summed E-state index contributed by atoms with van der Waals surface area (Å²) in [7, 11) is 0. The standard InChI is InChI=1S/C19H21NO4/c1-3-13(2)24-17-10-8-15(9-11-17)18(21)20-12-14-4-6-16(7-5-14)19(22)23/h4-11,13H,3,12H2,1-2H3,(H,20,21)(H,22,23)/t13-/m1/s1. The van der Waals surface area contributed by atoms with Gasteiger partial charge in [-0.05, 0) is 55.3 Å². The Kier molecular flexibility index (Phi) is 5.95. The van der Waals surface area contributed by atoms with Crippen molar-refractivity contribution in [2.24, 2.45) is 0 Å². The van der Waals surface area contributed by atoms with E-state index in [9.17, 15) is 9.59 Å². The number of hydrogen-bond acceptors (Lipinski definition) is 3. The zero-order valence-corrected chi connectivity index (χ0v) is 13.8. The molecule has 5 nitrogen and oxygen atoms in total. The molecule has 0 aliphatic heterocycles. The van der Waals surface area contributed by atoms with Crippen molar-refractivity contribution < 1.29 is 19.4 Å². The summed E-state index contributed by atoms with van der Waals surface area (Å²) in [6.45, 7) is 4.38. The van der Waals surface area contributed by atoms with Crippen LogP contribution in [0, 0.1) is 0 Å². The van der Waals surface area contributed by atoms with Crippen molar-refractivity contribution in [3.63, 3.8) is 0 Å². The van der Waals surface area contributed by atoms with Gasteiger partial charge >= 0.3 is 5.97 Å². The van der Waals surface area contributed by atoms with Crippen LogP contribution in [0.3, 0.4) is 0 Å². The minimum atomic E-state index is -0.967. The highest BCUT2D eigenvalue weighted by Gasteiger charge is 2.07. The van der Waals surface area contributed by atoms with E-state index >= 15 is 0 Å². The fourth-order valence-electron chi connectivity index (χ4n) is 2.05. The highest BCUT2D eigenvalue weighted by molar-refractivity contribution is 5.94. The molecular formula is C19H21NO4. The summed E-state index contributed by atoms with van der Waals surface area (Å²) in [6.07, 6.45) is 1.06. The Morgan fingerprint density at radius 3 is 2.17 bits per heavy atom. The number of benzene rings is 2. The Bertz CT molecular complexity index is 692. The third kappa shape index (κ3) is 4.84. The zero-order chi connectivity index (χ0) is 17.5. The Morgan fingerprint density at radius 1 is 1.04 bits per heavy atom. The minimum Gasteiger partial charge on any atom is -0.491 e. The first-order chi connectivity index (χ1) is 11.5. The van der Waals surface area contributed by atoms with Gasteiger partial charge < -0.3 is 15.2 Å². The number of ether oxygens (including phenoxy) is 1. The maximum atomic E-state index is 12.1. The van der Waals surface area contributed by atoms with Crippen LogP contribution in [0.1, 0.15) is 46.5 Å². The molecular weight excluding hydrogens is 306 g/mol. The Labute approximate surface area is 141 Å². The molecule has 2 aromatic carbocycles. The van der Waals surface area contributed by atoms with Crippen molar-refractivity contribution in [2.75, 3.05) is 0 Å². The molecule has 0 unspecified atom stereocenters. The van der Waals surface area contributed by atoms with Gasteiger partial charge in [-0.15, -0.1) is 0 Å². The minimum absolute atomic E-state index is 0.137. The van der Waals surface area contributed by atoms with Crippen molar-refractivity contribution in [3.8, 4) is 5.75 Å². The third-order valence-electron chi connectivity index (χ3n) is 3.68. The maximum Gasteiger partial charge on any atom is 0.335 e. The Morgan fingerprint density at radius 2 is 1.62 bits per heavy atom. The first kappa shape index (κ1) is 17.5. The smallest absolute Gasteiger partial charge is 0.335 e. The van der Waals surface area contributed by atoms with E-state index in [1.807, 2.05) is 6.92 Å². The van der Waals surface area contributed by atoms with Gasteiger partial charge in [0.2, 0.25) is 0 Å². The molecule has 2 rings (SSSR count). The average Bonchev–Trinajstić information content (AvgIpc) is 2.60. The molecule has 0 saturated carbocycles. The normalized spacial score (nSPS) is 11.6. The van der Waals surface area contributed by atoms with Gasteiger partial charge in [0, 0.05) is 12.1 Å². The molecule has 5 heteroatoms. The molecule has 0 spiro atoms. The third-order valence-corrected chi connectivity index (χ3v) is 3.68. The summed E-state index contributed by atoms with van der Waals surface area (Å²) in [4.78, 5) is 22.9. The highest BCUT2D eigenvalue weighted by Crippen LogP contribution is 2.15. The van der Waals surface area contributed by atoms with Crippen LogP contribution in [0.15, 0.2) is 48.5 Å². The lowest BCUT2D eigenvalue weighted by Crippen LogP contribution is -2.22. The van der Waals surface area contributed by atoms with E-state index in [0.29, 0.717) is 12.1 Å². The van der Waals surface area contributed by atoms with Crippen LogP contribution in [0.25, 0.3) is 0 Å². The van der Waals surface area contributed by atoms with Gasteiger partial charge in [-0.3, -0.25) is 4.79 Å². The number of carboxylic acids is 1. The van der Waals surface area contributed by atoms with Crippen LogP contribution in [0.2, 0.25) is 0 Å². The van der Waals surface area contributed by atoms with E-state index < -0.39 is 5.97 Å². The first-order valence-electron chi connectivity index (χ1n) is 7.86. The highest BCUT2D eigenvalue weighted by atomic mass is 16.5. The summed E-state index contributed by atoms with van der Waals surface area (Å²) < 4.78 is 5.68. The van der Waals surface area contributed by atoms with Crippen molar-refractivity contribution >= 4 is 11.9 Å². The molecule has 0 bridgehead atoms. The lowest BCUT2D eigenvalue weighted by Gasteiger charge is -2.12. The van der Waals surface area contributed by atoms with Crippen LogP contribution < -0.4 is 10.1 Å². The Balaban J connectivity index is 1.91. The van der Waals surface area contributed by atoms with Gasteiger partial charge in [0.05, 0.1) is 11.7 Å². The lowest BCUT2D eigenvalue weighted by molar-refractivity contribution is 0.0696. The summed E-state index contributed by atoms with van der Waals surface area (Å²) in [6, 6.07) is 13.4. The average molecular weight is 327 g/mol. The van der Waals surface area contributed by atoms with Crippen LogP contribution >= 0.6 is 0 Å². The maximum absolute atomic E-state index is 12.1. The molecule has 0 aliphatic carbocycles. The summed E-state index contributed by atoms with van der Waals surface area (Å²) in [5.74, 6) is -0.414. The largest absolute Gasteiger partial charge is 0.491 e. The predicted octanol–water partition coefficient (Wildman–Crippen LogP) is 3.49. The number of rotatable bonds is 7. The van der Waals surface area contributed by atoms with E-state index in [0.717, 1.165) is 17.7 Å². The van der Waals surface area contributed by atoms with Crippen LogP contribution in [0.5, 0.6) is 5.75 Å². The molecule has 24 heavy (non-hydrogen) atoms. The molecule has 0 fully saturated rings. The Hall–Kier alpha value is -2.82. The molecule has 2 aromatic rings. The van der Waals surface area contributed by atoms with Gasteiger partial charge in [-0.1, -0.05) is 19.1 Å². The summed E-state index contributed by atoms with van der Waals surface area (Å²) in [5, 5.41) is 11.7. The number of nitrogens with one attached hydrogen (secondary N) is 1. The van der Waals surface area contributed by atoms with Crippen molar-refractivity contribution in [1.29, 1.82) is 0 Å². The number of amides is 1. The second kappa shape index (κ2) is 8.15. The fraction of sp³-hybridized carbons (Fsp3) is 0.263. The van der Waals surface area contributed by atoms with Crippen molar-refractivity contribution in [1.82, 2.24) is 5.32 Å². The molecule has 1 atom stereocenters. The quantitative estimate of drug-likeness (QED) is 0.816. The molecule has 1 amide bonds. The van der Waals surface area contributed by atoms with Crippen LogP contribution in [-0.4, -0.2) is 23.1 Å². The lowest BCUT2D eigenvalue weighted by atomic mass is 10.1. The molecule has 0 radical (unpaired) electrons. The second-order valence-corrected chi connectivity index (χ2v) is 5.55.